The van der Waals surface area contributed by atoms with Gasteiger partial charge in [-0.1, -0.05) is 44.9 Å². The smallest absolute Gasteiger partial charge is 0.161 e. The summed E-state index contributed by atoms with van der Waals surface area (Å²) in [6.45, 7) is 18.8. The number of Topliss-reactive ketones (excluding diaryl/α,β-unsaturated/α-hetero) is 1. The van der Waals surface area contributed by atoms with Gasteiger partial charge in [-0.3, -0.25) is 4.79 Å². The normalized spacial score (nSPS) is 38.1. The maximum atomic E-state index is 12.4. The van der Waals surface area contributed by atoms with Gasteiger partial charge in [0.15, 0.2) is 5.78 Å². The van der Waals surface area contributed by atoms with Crippen molar-refractivity contribution in [3.05, 3.63) is 24.3 Å². The largest absolute Gasteiger partial charge is 0.393 e. The van der Waals surface area contributed by atoms with E-state index in [2.05, 4.69) is 47.8 Å². The van der Waals surface area contributed by atoms with Gasteiger partial charge in [-0.2, -0.15) is 0 Å². The Balaban J connectivity index is 2.42. The number of hydrogen-bond donors (Lipinski definition) is 2. The summed E-state index contributed by atoms with van der Waals surface area (Å²) < 4.78 is 0. The molecule has 0 heterocycles. The highest BCUT2D eigenvalue weighted by molar-refractivity contribution is 5.83. The van der Waals surface area contributed by atoms with Crippen molar-refractivity contribution in [3.63, 3.8) is 0 Å². The lowest BCUT2D eigenvalue weighted by atomic mass is 9.49. The molecule has 0 aromatic rings. The maximum absolute atomic E-state index is 12.4. The van der Waals surface area contributed by atoms with Crippen LogP contribution in [-0.2, 0) is 4.79 Å². The van der Waals surface area contributed by atoms with Crippen molar-refractivity contribution in [3.8, 4) is 0 Å². The molecule has 2 fully saturated rings. The van der Waals surface area contributed by atoms with Crippen LogP contribution in [0, 0.1) is 34.5 Å². The Bertz CT molecular complexity index is 594. The average Bonchev–Trinajstić information content (AvgIpc) is 2.93. The molecule has 0 aliphatic heterocycles. The Morgan fingerprint density at radius 1 is 1.26 bits per heavy atom. The maximum Gasteiger partial charge on any atom is 0.161 e. The molecule has 0 saturated heterocycles. The SMILES string of the molecule is C=C(C)CCC(C)(C(=C)C)C1C(O)CC2(C)C(C(=O)CO)CCC2C1CC. The summed E-state index contributed by atoms with van der Waals surface area (Å²) >= 11 is 0. The first-order valence-corrected chi connectivity index (χ1v) is 10.6. The molecule has 2 saturated carbocycles. The summed E-state index contributed by atoms with van der Waals surface area (Å²) in [5, 5.41) is 20.8. The molecule has 7 unspecified atom stereocenters. The Morgan fingerprint density at radius 3 is 2.37 bits per heavy atom. The molecular weight excluding hydrogens is 336 g/mol. The molecule has 2 N–H and O–H groups in total. The predicted octanol–water partition coefficient (Wildman–Crippen LogP) is 4.93. The molecule has 27 heavy (non-hydrogen) atoms. The first kappa shape index (κ1) is 22.4. The van der Waals surface area contributed by atoms with E-state index in [1.54, 1.807) is 0 Å². The van der Waals surface area contributed by atoms with Gasteiger partial charge in [0, 0.05) is 5.92 Å². The lowest BCUT2D eigenvalue weighted by Crippen LogP contribution is -2.54. The summed E-state index contributed by atoms with van der Waals surface area (Å²) in [5.41, 5.74) is 1.95. The van der Waals surface area contributed by atoms with Crippen LogP contribution in [-0.4, -0.2) is 28.7 Å². The summed E-state index contributed by atoms with van der Waals surface area (Å²) in [5.74, 6) is 0.761. The molecule has 2 aliphatic carbocycles. The van der Waals surface area contributed by atoms with Gasteiger partial charge in [0.05, 0.1) is 6.10 Å². The van der Waals surface area contributed by atoms with Crippen LogP contribution >= 0.6 is 0 Å². The van der Waals surface area contributed by atoms with Crippen LogP contribution in [0.15, 0.2) is 24.3 Å². The average molecular weight is 377 g/mol. The number of aliphatic hydroxyl groups excluding tert-OH is 2. The minimum absolute atomic E-state index is 0.0505. The van der Waals surface area contributed by atoms with E-state index in [-0.39, 0.29) is 35.1 Å². The molecule has 154 valence electrons. The molecule has 3 heteroatoms. The highest BCUT2D eigenvalue weighted by Crippen LogP contribution is 2.63. The van der Waals surface area contributed by atoms with E-state index in [1.807, 2.05) is 0 Å². The highest BCUT2D eigenvalue weighted by atomic mass is 16.3. The van der Waals surface area contributed by atoms with Crippen molar-refractivity contribution >= 4 is 5.78 Å². The Morgan fingerprint density at radius 2 is 1.89 bits per heavy atom. The third kappa shape index (κ3) is 3.82. The summed E-state index contributed by atoms with van der Waals surface area (Å²) in [6.07, 6.45) is 4.95. The first-order valence-electron chi connectivity index (χ1n) is 10.6. The topological polar surface area (TPSA) is 57.5 Å². The van der Waals surface area contributed by atoms with Crippen LogP contribution in [0.5, 0.6) is 0 Å². The molecule has 0 aromatic carbocycles. The standard InChI is InChI=1S/C24H40O3/c1-8-17-18-9-10-19(21(27)14-25)24(18,7)13-20(26)22(17)23(6,16(4)5)12-11-15(2)3/h17-20,22,25-26H,2,4,8-14H2,1,3,5-7H3. The number of rotatable bonds is 8. The first-order chi connectivity index (χ1) is 12.5. The zero-order valence-electron chi connectivity index (χ0n) is 18.1. The lowest BCUT2D eigenvalue weighted by Gasteiger charge is -2.56. The predicted molar refractivity (Wildman–Crippen MR) is 111 cm³/mol. The van der Waals surface area contributed by atoms with E-state index in [9.17, 15) is 15.0 Å². The fourth-order valence-electron chi connectivity index (χ4n) is 6.59. The Labute approximate surface area is 165 Å². The molecule has 7 atom stereocenters. The van der Waals surface area contributed by atoms with Crippen molar-refractivity contribution in [1.29, 1.82) is 0 Å². The number of aliphatic hydroxyl groups is 2. The van der Waals surface area contributed by atoms with Gasteiger partial charge >= 0.3 is 0 Å². The summed E-state index contributed by atoms with van der Waals surface area (Å²) in [7, 11) is 0. The van der Waals surface area contributed by atoms with Gasteiger partial charge in [-0.25, -0.2) is 0 Å². The third-order valence-corrected chi connectivity index (χ3v) is 8.25. The minimum atomic E-state index is -0.449. The summed E-state index contributed by atoms with van der Waals surface area (Å²) in [4.78, 5) is 12.4. The molecule has 3 nitrogen and oxygen atoms in total. The minimum Gasteiger partial charge on any atom is -0.393 e. The van der Waals surface area contributed by atoms with Crippen molar-refractivity contribution < 1.29 is 15.0 Å². The quantitative estimate of drug-likeness (QED) is 0.591. The van der Waals surface area contributed by atoms with Crippen molar-refractivity contribution in [2.45, 2.75) is 79.2 Å². The fraction of sp³-hybridized carbons (Fsp3) is 0.792. The van der Waals surface area contributed by atoms with Crippen LogP contribution in [0.1, 0.15) is 73.1 Å². The number of fused-ring (bicyclic) bond motifs is 1. The number of carbonyl (C=O) groups excluding carboxylic acids is 1. The van der Waals surface area contributed by atoms with Gasteiger partial charge in [0.1, 0.15) is 6.61 Å². The third-order valence-electron chi connectivity index (χ3n) is 8.25. The van der Waals surface area contributed by atoms with E-state index in [0.29, 0.717) is 18.3 Å². The van der Waals surface area contributed by atoms with Gasteiger partial charge < -0.3 is 10.2 Å². The second-order valence-corrected chi connectivity index (χ2v) is 9.89. The second-order valence-electron chi connectivity index (χ2n) is 9.89. The molecule has 0 bridgehead atoms. The number of carbonyl (C=O) groups is 1. The summed E-state index contributed by atoms with van der Waals surface area (Å²) in [6, 6.07) is 0. The van der Waals surface area contributed by atoms with Crippen LogP contribution in [0.2, 0.25) is 0 Å². The monoisotopic (exact) mass is 376 g/mol. The van der Waals surface area contributed by atoms with E-state index in [1.165, 1.54) is 5.57 Å². The van der Waals surface area contributed by atoms with Crippen molar-refractivity contribution in [1.82, 2.24) is 0 Å². The molecule has 0 spiro atoms. The Kier molecular flexibility index (Phi) is 6.80. The van der Waals surface area contributed by atoms with Crippen LogP contribution in [0.3, 0.4) is 0 Å². The van der Waals surface area contributed by atoms with Gasteiger partial charge in [-0.05, 0) is 74.5 Å². The van der Waals surface area contributed by atoms with Crippen molar-refractivity contribution in [2.75, 3.05) is 6.61 Å². The number of hydrogen-bond acceptors (Lipinski definition) is 3. The van der Waals surface area contributed by atoms with E-state index in [4.69, 9.17) is 0 Å². The van der Waals surface area contributed by atoms with E-state index in [0.717, 1.165) is 37.7 Å². The molecular formula is C24H40O3. The van der Waals surface area contributed by atoms with Gasteiger partial charge in [0.25, 0.3) is 0 Å². The second kappa shape index (κ2) is 8.21. The van der Waals surface area contributed by atoms with Crippen LogP contribution in [0.4, 0.5) is 0 Å². The Hall–Kier alpha value is -0.930. The highest BCUT2D eigenvalue weighted by Gasteiger charge is 2.60. The zero-order chi connectivity index (χ0) is 20.6. The van der Waals surface area contributed by atoms with Crippen molar-refractivity contribution in [2.24, 2.45) is 34.5 Å². The molecule has 2 rings (SSSR count). The number of ketones is 1. The molecule has 0 amide bonds. The molecule has 0 radical (unpaired) electrons. The lowest BCUT2D eigenvalue weighted by molar-refractivity contribution is -0.140. The van der Waals surface area contributed by atoms with Crippen LogP contribution < -0.4 is 0 Å². The molecule has 0 aromatic heterocycles. The fourth-order valence-corrected chi connectivity index (χ4v) is 6.59. The molecule has 2 aliphatic rings. The van der Waals surface area contributed by atoms with Crippen LogP contribution in [0.25, 0.3) is 0 Å². The van der Waals surface area contributed by atoms with Gasteiger partial charge in [-0.15, -0.1) is 6.58 Å². The van der Waals surface area contributed by atoms with Gasteiger partial charge in [0.2, 0.25) is 0 Å². The van der Waals surface area contributed by atoms with E-state index < -0.39 is 6.10 Å². The zero-order valence-corrected chi connectivity index (χ0v) is 18.1. The van der Waals surface area contributed by atoms with E-state index >= 15 is 0 Å². The number of allylic oxidation sites excluding steroid dienone is 2.